The Kier molecular flexibility index (Phi) is 4.16. The summed E-state index contributed by atoms with van der Waals surface area (Å²) in [5, 5.41) is -0.235. The SMILES string of the molecule is [B]C(C)(C)C1CCCN(C(=O)OC(C)(C)C)C1. The largest absolute Gasteiger partial charge is 0.444 e. The molecule has 3 nitrogen and oxygen atoms in total. The summed E-state index contributed by atoms with van der Waals surface area (Å²) in [6.07, 6.45) is 1.87. The van der Waals surface area contributed by atoms with Crippen LogP contribution in [0.3, 0.4) is 0 Å². The molecule has 0 N–H and O–H groups in total. The molecule has 1 unspecified atom stereocenters. The summed E-state index contributed by atoms with van der Waals surface area (Å²) in [6, 6.07) is 0. The minimum absolute atomic E-state index is 0.216. The quantitative estimate of drug-likeness (QED) is 0.656. The highest BCUT2D eigenvalue weighted by Gasteiger charge is 2.32. The lowest BCUT2D eigenvalue weighted by atomic mass is 9.61. The molecule has 0 bridgehead atoms. The van der Waals surface area contributed by atoms with Crippen molar-refractivity contribution in [1.29, 1.82) is 0 Å². The predicted octanol–water partition coefficient (Wildman–Crippen LogP) is 3.00. The van der Waals surface area contributed by atoms with Gasteiger partial charge in [-0.05, 0) is 39.5 Å². The molecule has 0 aromatic heterocycles. The fraction of sp³-hybridized carbons (Fsp3) is 0.923. The van der Waals surface area contributed by atoms with Gasteiger partial charge < -0.3 is 9.64 Å². The van der Waals surface area contributed by atoms with Crippen LogP contribution in [0.2, 0.25) is 5.31 Å². The number of ether oxygens (including phenoxy) is 1. The van der Waals surface area contributed by atoms with Crippen LogP contribution in [-0.4, -0.2) is 37.5 Å². The van der Waals surface area contributed by atoms with Crippen LogP contribution in [0.1, 0.15) is 47.5 Å². The molecule has 2 radical (unpaired) electrons. The zero-order valence-corrected chi connectivity index (χ0v) is 11.7. The molecular weight excluding hydrogens is 213 g/mol. The fourth-order valence-corrected chi connectivity index (χ4v) is 2.08. The maximum absolute atomic E-state index is 11.9. The third-order valence-electron chi connectivity index (χ3n) is 3.13. The molecule has 17 heavy (non-hydrogen) atoms. The molecule has 1 aliphatic heterocycles. The summed E-state index contributed by atoms with van der Waals surface area (Å²) in [7, 11) is 6.12. The van der Waals surface area contributed by atoms with E-state index in [1.165, 1.54) is 0 Å². The molecule has 0 aromatic rings. The van der Waals surface area contributed by atoms with Crippen molar-refractivity contribution < 1.29 is 9.53 Å². The monoisotopic (exact) mass is 237 g/mol. The molecule has 1 amide bonds. The first-order valence-corrected chi connectivity index (χ1v) is 6.36. The van der Waals surface area contributed by atoms with Crippen LogP contribution in [0.4, 0.5) is 4.79 Å². The molecule has 1 aliphatic rings. The third kappa shape index (κ3) is 4.60. The predicted molar refractivity (Wildman–Crippen MR) is 70.3 cm³/mol. The Morgan fingerprint density at radius 2 is 1.88 bits per heavy atom. The van der Waals surface area contributed by atoms with Gasteiger partial charge in [0.1, 0.15) is 5.60 Å². The van der Waals surface area contributed by atoms with Crippen molar-refractivity contribution >= 4 is 13.9 Å². The van der Waals surface area contributed by atoms with Gasteiger partial charge in [-0.1, -0.05) is 19.2 Å². The molecule has 1 atom stereocenters. The fourth-order valence-electron chi connectivity index (χ4n) is 2.08. The van der Waals surface area contributed by atoms with Crippen molar-refractivity contribution in [2.24, 2.45) is 5.92 Å². The number of amides is 1. The molecule has 1 rings (SSSR count). The minimum atomic E-state index is -0.428. The average Bonchev–Trinajstić information content (AvgIpc) is 2.14. The Balaban J connectivity index is 2.58. The van der Waals surface area contributed by atoms with Gasteiger partial charge >= 0.3 is 6.09 Å². The summed E-state index contributed by atoms with van der Waals surface area (Å²) in [4.78, 5) is 13.7. The van der Waals surface area contributed by atoms with E-state index in [4.69, 9.17) is 12.6 Å². The first kappa shape index (κ1) is 14.4. The number of hydrogen-bond acceptors (Lipinski definition) is 2. The number of carbonyl (C=O) groups is 1. The van der Waals surface area contributed by atoms with Gasteiger partial charge in [0.2, 0.25) is 0 Å². The molecule has 1 saturated heterocycles. The van der Waals surface area contributed by atoms with Crippen LogP contribution in [-0.2, 0) is 4.74 Å². The van der Waals surface area contributed by atoms with Gasteiger partial charge in [-0.15, -0.1) is 0 Å². The van der Waals surface area contributed by atoms with Crippen molar-refractivity contribution in [3.05, 3.63) is 0 Å². The van der Waals surface area contributed by atoms with Crippen LogP contribution >= 0.6 is 0 Å². The van der Waals surface area contributed by atoms with E-state index < -0.39 is 5.60 Å². The lowest BCUT2D eigenvalue weighted by molar-refractivity contribution is 0.0147. The number of carbonyl (C=O) groups excluding carboxylic acids is 1. The summed E-state index contributed by atoms with van der Waals surface area (Å²) in [5.74, 6) is 0.351. The lowest BCUT2D eigenvalue weighted by Gasteiger charge is -2.40. The number of nitrogens with zero attached hydrogens (tertiary/aromatic N) is 1. The number of piperidine rings is 1. The summed E-state index contributed by atoms with van der Waals surface area (Å²) < 4.78 is 5.38. The molecule has 0 aromatic carbocycles. The highest BCUT2D eigenvalue weighted by atomic mass is 16.6. The highest BCUT2D eigenvalue weighted by molar-refractivity contribution is 6.14. The van der Waals surface area contributed by atoms with Gasteiger partial charge in [0.15, 0.2) is 0 Å². The van der Waals surface area contributed by atoms with Crippen LogP contribution in [0.5, 0.6) is 0 Å². The van der Waals surface area contributed by atoms with E-state index in [2.05, 4.69) is 0 Å². The molecule has 0 spiro atoms. The van der Waals surface area contributed by atoms with E-state index in [9.17, 15) is 4.79 Å². The topological polar surface area (TPSA) is 29.5 Å². The Hall–Kier alpha value is -0.665. The lowest BCUT2D eigenvalue weighted by Crippen LogP contribution is -2.45. The van der Waals surface area contributed by atoms with E-state index in [0.29, 0.717) is 12.5 Å². The molecular formula is C13H24BNO2. The van der Waals surface area contributed by atoms with Gasteiger partial charge in [-0.25, -0.2) is 4.79 Å². The molecule has 4 heteroatoms. The van der Waals surface area contributed by atoms with Crippen LogP contribution in [0.15, 0.2) is 0 Å². The van der Waals surface area contributed by atoms with E-state index in [0.717, 1.165) is 19.4 Å². The molecule has 0 aliphatic carbocycles. The van der Waals surface area contributed by atoms with E-state index in [-0.39, 0.29) is 11.4 Å². The zero-order chi connectivity index (χ0) is 13.3. The van der Waals surface area contributed by atoms with Crippen molar-refractivity contribution in [2.45, 2.75) is 58.4 Å². The van der Waals surface area contributed by atoms with Crippen molar-refractivity contribution in [3.8, 4) is 0 Å². The van der Waals surface area contributed by atoms with Gasteiger partial charge in [-0.2, -0.15) is 0 Å². The molecule has 1 fully saturated rings. The third-order valence-corrected chi connectivity index (χ3v) is 3.13. The number of rotatable bonds is 1. The Morgan fingerprint density at radius 3 is 2.35 bits per heavy atom. The zero-order valence-electron chi connectivity index (χ0n) is 11.7. The summed E-state index contributed by atoms with van der Waals surface area (Å²) in [5.41, 5.74) is -0.428. The standard InChI is InChI=1S/C13H24BNO2/c1-12(2,3)17-11(16)15-8-6-7-10(9-15)13(4,5)14/h10H,6-9H2,1-5H3. The van der Waals surface area contributed by atoms with E-state index in [1.807, 2.05) is 34.6 Å². The Morgan fingerprint density at radius 1 is 1.29 bits per heavy atom. The van der Waals surface area contributed by atoms with E-state index >= 15 is 0 Å². The second kappa shape index (κ2) is 4.91. The van der Waals surface area contributed by atoms with Crippen molar-refractivity contribution in [1.82, 2.24) is 4.90 Å². The second-order valence-electron chi connectivity index (χ2n) is 6.59. The molecule has 1 heterocycles. The van der Waals surface area contributed by atoms with Crippen molar-refractivity contribution in [2.75, 3.05) is 13.1 Å². The van der Waals surface area contributed by atoms with Gasteiger partial charge in [0, 0.05) is 13.1 Å². The number of hydrogen-bond donors (Lipinski definition) is 0. The van der Waals surface area contributed by atoms with Gasteiger partial charge in [0.25, 0.3) is 0 Å². The first-order chi connectivity index (χ1) is 7.59. The molecule has 96 valence electrons. The maximum Gasteiger partial charge on any atom is 0.410 e. The second-order valence-corrected chi connectivity index (χ2v) is 6.59. The molecule has 0 saturated carbocycles. The van der Waals surface area contributed by atoms with Crippen LogP contribution in [0.25, 0.3) is 0 Å². The van der Waals surface area contributed by atoms with Gasteiger partial charge in [0.05, 0.1) is 7.85 Å². The minimum Gasteiger partial charge on any atom is -0.444 e. The Bertz CT molecular complexity index is 278. The van der Waals surface area contributed by atoms with Gasteiger partial charge in [-0.3, -0.25) is 0 Å². The van der Waals surface area contributed by atoms with Crippen LogP contribution < -0.4 is 0 Å². The number of likely N-dealkylation sites (tertiary alicyclic amines) is 1. The highest BCUT2D eigenvalue weighted by Crippen LogP contribution is 2.37. The Labute approximate surface area is 106 Å². The van der Waals surface area contributed by atoms with E-state index in [1.54, 1.807) is 4.90 Å². The first-order valence-electron chi connectivity index (χ1n) is 6.36. The average molecular weight is 237 g/mol. The normalized spacial score (nSPS) is 22.4. The summed E-state index contributed by atoms with van der Waals surface area (Å²) in [6.45, 7) is 11.2. The summed E-state index contributed by atoms with van der Waals surface area (Å²) >= 11 is 0. The van der Waals surface area contributed by atoms with Crippen LogP contribution in [0, 0.1) is 5.92 Å². The maximum atomic E-state index is 11.9. The van der Waals surface area contributed by atoms with Crippen molar-refractivity contribution in [3.63, 3.8) is 0 Å². The smallest absolute Gasteiger partial charge is 0.410 e.